The number of rotatable bonds is 3. The molecule has 0 aliphatic heterocycles. The van der Waals surface area contributed by atoms with Gasteiger partial charge in [-0.25, -0.2) is 9.37 Å². The lowest BCUT2D eigenvalue weighted by Crippen LogP contribution is -2.07. The highest BCUT2D eigenvalue weighted by atomic mass is 79.9. The van der Waals surface area contributed by atoms with Crippen molar-refractivity contribution in [3.63, 3.8) is 0 Å². The van der Waals surface area contributed by atoms with Crippen LogP contribution in [-0.2, 0) is 0 Å². The molecule has 1 aromatic carbocycles. The molecule has 5 heteroatoms. The molecule has 0 aliphatic carbocycles. The third kappa shape index (κ3) is 2.86. The average molecular weight is 311 g/mol. The van der Waals surface area contributed by atoms with E-state index in [0.717, 1.165) is 5.56 Å². The Balaban J connectivity index is 2.34. The molecule has 1 atom stereocenters. The summed E-state index contributed by atoms with van der Waals surface area (Å²) in [5, 5.41) is 0. The minimum Gasteiger partial charge on any atom is -0.436 e. The fourth-order valence-electron chi connectivity index (χ4n) is 1.50. The number of ether oxygens (including phenoxy) is 1. The molecule has 2 rings (SSSR count). The van der Waals surface area contributed by atoms with Crippen LogP contribution in [0, 0.1) is 5.82 Å². The van der Waals surface area contributed by atoms with Crippen LogP contribution in [-0.4, -0.2) is 4.98 Å². The second-order valence-corrected chi connectivity index (χ2v) is 4.78. The van der Waals surface area contributed by atoms with Gasteiger partial charge in [-0.05, 0) is 31.2 Å². The van der Waals surface area contributed by atoms with Crippen LogP contribution in [0.3, 0.4) is 0 Å². The zero-order valence-electron chi connectivity index (χ0n) is 9.73. The van der Waals surface area contributed by atoms with Crippen LogP contribution >= 0.6 is 15.9 Å². The fraction of sp³-hybridized carbons (Fsp3) is 0.154. The Morgan fingerprint density at radius 2 is 2.17 bits per heavy atom. The molecule has 2 N–H and O–H groups in total. The third-order valence-corrected chi connectivity index (χ3v) is 2.88. The molecule has 18 heavy (non-hydrogen) atoms. The number of aromatic nitrogens is 1. The summed E-state index contributed by atoms with van der Waals surface area (Å²) >= 11 is 3.19. The maximum atomic E-state index is 13.7. The van der Waals surface area contributed by atoms with E-state index in [2.05, 4.69) is 20.9 Å². The highest BCUT2D eigenvalue weighted by Gasteiger charge is 2.12. The van der Waals surface area contributed by atoms with Crippen molar-refractivity contribution in [2.75, 3.05) is 0 Å². The second kappa shape index (κ2) is 5.46. The number of benzene rings is 1. The van der Waals surface area contributed by atoms with Crippen molar-refractivity contribution < 1.29 is 9.13 Å². The first-order valence-electron chi connectivity index (χ1n) is 5.41. The Morgan fingerprint density at radius 1 is 1.39 bits per heavy atom. The highest BCUT2D eigenvalue weighted by molar-refractivity contribution is 9.10. The Labute approximate surface area is 113 Å². The van der Waals surface area contributed by atoms with Crippen LogP contribution in [0.25, 0.3) is 0 Å². The molecule has 0 saturated heterocycles. The van der Waals surface area contributed by atoms with Gasteiger partial charge in [0.05, 0.1) is 0 Å². The van der Waals surface area contributed by atoms with Gasteiger partial charge in [0.15, 0.2) is 11.6 Å². The Bertz CT molecular complexity index is 560. The first-order chi connectivity index (χ1) is 8.58. The lowest BCUT2D eigenvalue weighted by Gasteiger charge is -2.12. The maximum Gasteiger partial charge on any atom is 0.224 e. The maximum absolute atomic E-state index is 13.7. The van der Waals surface area contributed by atoms with Crippen LogP contribution in [0.5, 0.6) is 11.6 Å². The summed E-state index contributed by atoms with van der Waals surface area (Å²) in [6, 6.07) is 7.93. The standard InChI is InChI=1S/C13H12BrFN2O/c1-8(16)10-3-2-6-17-13(10)18-12-5-4-9(14)7-11(12)15/h2-8H,16H2,1H3/t8-/m1/s1. The molecule has 0 radical (unpaired) electrons. The van der Waals surface area contributed by atoms with Gasteiger partial charge in [-0.15, -0.1) is 0 Å². The highest BCUT2D eigenvalue weighted by Crippen LogP contribution is 2.29. The van der Waals surface area contributed by atoms with E-state index in [1.54, 1.807) is 24.4 Å². The largest absolute Gasteiger partial charge is 0.436 e. The average Bonchev–Trinajstić information content (AvgIpc) is 2.33. The molecule has 0 spiro atoms. The molecule has 0 fully saturated rings. The number of hydrogen-bond donors (Lipinski definition) is 1. The summed E-state index contributed by atoms with van der Waals surface area (Å²) in [5.41, 5.74) is 6.55. The van der Waals surface area contributed by atoms with E-state index in [-0.39, 0.29) is 11.8 Å². The quantitative estimate of drug-likeness (QED) is 0.938. The second-order valence-electron chi connectivity index (χ2n) is 3.86. The topological polar surface area (TPSA) is 48.1 Å². The van der Waals surface area contributed by atoms with Gasteiger partial charge in [0, 0.05) is 22.3 Å². The zero-order valence-corrected chi connectivity index (χ0v) is 11.3. The number of pyridine rings is 1. The van der Waals surface area contributed by atoms with Gasteiger partial charge in [0.25, 0.3) is 0 Å². The van der Waals surface area contributed by atoms with E-state index in [1.807, 2.05) is 13.0 Å². The normalized spacial score (nSPS) is 12.2. The first kappa shape index (κ1) is 13.0. The molecule has 0 amide bonds. The van der Waals surface area contributed by atoms with Crippen LogP contribution in [0.2, 0.25) is 0 Å². The van der Waals surface area contributed by atoms with Crippen molar-refractivity contribution in [1.29, 1.82) is 0 Å². The van der Waals surface area contributed by atoms with Gasteiger partial charge in [-0.2, -0.15) is 0 Å². The lowest BCUT2D eigenvalue weighted by atomic mass is 10.1. The SMILES string of the molecule is C[C@@H](N)c1cccnc1Oc1ccc(Br)cc1F. The van der Waals surface area contributed by atoms with Crippen LogP contribution in [0.4, 0.5) is 4.39 Å². The summed E-state index contributed by atoms with van der Waals surface area (Å²) in [6.45, 7) is 1.82. The Kier molecular flexibility index (Phi) is 3.93. The van der Waals surface area contributed by atoms with Gasteiger partial charge in [0.1, 0.15) is 0 Å². The number of nitrogens with two attached hydrogens (primary N) is 1. The van der Waals surface area contributed by atoms with Crippen molar-refractivity contribution in [3.05, 3.63) is 52.4 Å². The van der Waals surface area contributed by atoms with E-state index in [9.17, 15) is 4.39 Å². The van der Waals surface area contributed by atoms with E-state index in [0.29, 0.717) is 10.4 Å². The van der Waals surface area contributed by atoms with Gasteiger partial charge in [-0.1, -0.05) is 22.0 Å². The summed E-state index contributed by atoms with van der Waals surface area (Å²) in [7, 11) is 0. The summed E-state index contributed by atoms with van der Waals surface area (Å²) in [6.07, 6.45) is 1.58. The van der Waals surface area contributed by atoms with Gasteiger partial charge >= 0.3 is 0 Å². The van der Waals surface area contributed by atoms with E-state index in [4.69, 9.17) is 10.5 Å². The van der Waals surface area contributed by atoms with Crippen LogP contribution in [0.15, 0.2) is 41.0 Å². The van der Waals surface area contributed by atoms with Crippen molar-refractivity contribution in [3.8, 4) is 11.6 Å². The number of nitrogens with zero attached hydrogens (tertiary/aromatic N) is 1. The molecule has 0 bridgehead atoms. The molecule has 3 nitrogen and oxygen atoms in total. The van der Waals surface area contributed by atoms with Crippen molar-refractivity contribution in [2.45, 2.75) is 13.0 Å². The minimum absolute atomic E-state index is 0.124. The molecule has 1 heterocycles. The molecule has 0 unspecified atom stereocenters. The molecular weight excluding hydrogens is 299 g/mol. The third-order valence-electron chi connectivity index (χ3n) is 2.39. The Hall–Kier alpha value is -1.46. The zero-order chi connectivity index (χ0) is 13.1. The number of hydrogen-bond acceptors (Lipinski definition) is 3. The van der Waals surface area contributed by atoms with Crippen molar-refractivity contribution >= 4 is 15.9 Å². The molecule has 94 valence electrons. The molecule has 0 aliphatic rings. The van der Waals surface area contributed by atoms with Crippen molar-refractivity contribution in [2.24, 2.45) is 5.73 Å². The van der Waals surface area contributed by atoms with Gasteiger partial charge in [0.2, 0.25) is 5.88 Å². The monoisotopic (exact) mass is 310 g/mol. The molecule has 2 aromatic rings. The predicted octanol–water partition coefficient (Wildman–Crippen LogP) is 3.80. The van der Waals surface area contributed by atoms with E-state index < -0.39 is 5.82 Å². The van der Waals surface area contributed by atoms with Crippen molar-refractivity contribution in [1.82, 2.24) is 4.98 Å². The number of halogens is 2. The molecular formula is C13H12BrFN2O. The smallest absolute Gasteiger partial charge is 0.224 e. The molecule has 0 saturated carbocycles. The van der Waals surface area contributed by atoms with Crippen LogP contribution < -0.4 is 10.5 Å². The lowest BCUT2D eigenvalue weighted by molar-refractivity contribution is 0.419. The summed E-state index contributed by atoms with van der Waals surface area (Å²) < 4.78 is 19.8. The fourth-order valence-corrected chi connectivity index (χ4v) is 1.83. The minimum atomic E-state index is -0.453. The van der Waals surface area contributed by atoms with Gasteiger partial charge < -0.3 is 10.5 Å². The van der Waals surface area contributed by atoms with E-state index in [1.165, 1.54) is 6.07 Å². The van der Waals surface area contributed by atoms with E-state index >= 15 is 0 Å². The van der Waals surface area contributed by atoms with Crippen LogP contribution in [0.1, 0.15) is 18.5 Å². The molecule has 1 aromatic heterocycles. The summed E-state index contributed by atoms with van der Waals surface area (Å²) in [5.74, 6) is -0.00169. The van der Waals surface area contributed by atoms with Gasteiger partial charge in [-0.3, -0.25) is 0 Å². The Morgan fingerprint density at radius 3 is 2.83 bits per heavy atom. The predicted molar refractivity (Wildman–Crippen MR) is 71.0 cm³/mol. The first-order valence-corrected chi connectivity index (χ1v) is 6.20. The summed E-state index contributed by atoms with van der Waals surface area (Å²) in [4.78, 5) is 4.08.